The first-order chi connectivity index (χ1) is 7.33. The molecule has 0 bridgehead atoms. The van der Waals surface area contributed by atoms with Crippen LogP contribution in [0.1, 0.15) is 12.0 Å². The largest absolute Gasteiger partial charge is 0.494 e. The van der Waals surface area contributed by atoms with Gasteiger partial charge < -0.3 is 9.47 Å². The summed E-state index contributed by atoms with van der Waals surface area (Å²) in [5.74, 6) is 3.32. The molecular weight excluding hydrogens is 188 g/mol. The molecule has 0 fully saturated rings. The molecule has 0 spiro atoms. The van der Waals surface area contributed by atoms with E-state index >= 15 is 0 Å². The lowest BCUT2D eigenvalue weighted by Crippen LogP contribution is -2.03. The Bertz CT molecular complexity index is 308. The van der Waals surface area contributed by atoms with Crippen LogP contribution in [0.2, 0.25) is 0 Å². The molecule has 1 aromatic rings. The molecule has 2 nitrogen and oxygen atoms in total. The van der Waals surface area contributed by atoms with Crippen LogP contribution in [0.15, 0.2) is 24.3 Å². The third kappa shape index (κ3) is 5.09. The van der Waals surface area contributed by atoms with Crippen molar-refractivity contribution in [2.45, 2.75) is 13.3 Å². The second kappa shape index (κ2) is 6.92. The van der Waals surface area contributed by atoms with E-state index in [9.17, 15) is 0 Å². The Morgan fingerprint density at radius 1 is 1.20 bits per heavy atom. The molecule has 0 atom stereocenters. The number of hydrogen-bond acceptors (Lipinski definition) is 2. The second-order valence-corrected chi connectivity index (χ2v) is 3.27. The van der Waals surface area contributed by atoms with Crippen LogP contribution in [0.5, 0.6) is 5.75 Å². The molecule has 0 N–H and O–H groups in total. The van der Waals surface area contributed by atoms with E-state index < -0.39 is 0 Å². The fraction of sp³-hybridized carbons (Fsp3) is 0.385. The van der Waals surface area contributed by atoms with E-state index in [1.807, 2.05) is 24.3 Å². The highest BCUT2D eigenvalue weighted by molar-refractivity contribution is 5.26. The third-order valence-electron chi connectivity index (χ3n) is 1.91. The average Bonchev–Trinajstić information content (AvgIpc) is 2.26. The minimum Gasteiger partial charge on any atom is -0.494 e. The van der Waals surface area contributed by atoms with Gasteiger partial charge in [0.15, 0.2) is 0 Å². The minimum absolute atomic E-state index is 0.379. The predicted octanol–water partition coefficient (Wildman–Crippen LogP) is 2.41. The van der Waals surface area contributed by atoms with E-state index in [4.69, 9.17) is 15.9 Å². The minimum atomic E-state index is 0.379. The molecule has 0 aliphatic rings. The van der Waals surface area contributed by atoms with Gasteiger partial charge in [-0.15, -0.1) is 6.42 Å². The molecule has 0 heterocycles. The van der Waals surface area contributed by atoms with Crippen molar-refractivity contribution in [1.82, 2.24) is 0 Å². The van der Waals surface area contributed by atoms with Gasteiger partial charge in [-0.05, 0) is 19.1 Å². The van der Waals surface area contributed by atoms with Gasteiger partial charge in [0, 0.05) is 6.42 Å². The van der Waals surface area contributed by atoms with Gasteiger partial charge in [-0.3, -0.25) is 0 Å². The van der Waals surface area contributed by atoms with Gasteiger partial charge in [0.2, 0.25) is 0 Å². The molecule has 1 rings (SSSR count). The molecule has 15 heavy (non-hydrogen) atoms. The highest BCUT2D eigenvalue weighted by Gasteiger charge is 1.93. The normalized spacial score (nSPS) is 9.60. The summed E-state index contributed by atoms with van der Waals surface area (Å²) in [6.07, 6.45) is 5.90. The zero-order chi connectivity index (χ0) is 10.9. The lowest BCUT2D eigenvalue weighted by molar-refractivity contribution is 0.147. The zero-order valence-corrected chi connectivity index (χ0v) is 9.03. The monoisotopic (exact) mass is 204 g/mol. The van der Waals surface area contributed by atoms with Crippen LogP contribution >= 0.6 is 0 Å². The van der Waals surface area contributed by atoms with E-state index in [1.54, 1.807) is 0 Å². The van der Waals surface area contributed by atoms with Gasteiger partial charge in [-0.25, -0.2) is 0 Å². The van der Waals surface area contributed by atoms with Crippen LogP contribution in [0.25, 0.3) is 0 Å². The summed E-state index contributed by atoms with van der Waals surface area (Å²) in [6, 6.07) is 8.00. The first-order valence-electron chi connectivity index (χ1n) is 5.03. The maximum Gasteiger partial charge on any atom is 0.119 e. The second-order valence-electron chi connectivity index (χ2n) is 3.27. The van der Waals surface area contributed by atoms with Crippen molar-refractivity contribution in [1.29, 1.82) is 0 Å². The molecule has 0 aliphatic heterocycles. The first-order valence-corrected chi connectivity index (χ1v) is 5.03. The Morgan fingerprint density at radius 2 is 1.93 bits per heavy atom. The van der Waals surface area contributed by atoms with Gasteiger partial charge in [0.05, 0.1) is 13.2 Å². The van der Waals surface area contributed by atoms with Crippen molar-refractivity contribution in [2.75, 3.05) is 19.8 Å². The highest BCUT2D eigenvalue weighted by atomic mass is 16.5. The molecule has 80 valence electrons. The summed E-state index contributed by atoms with van der Waals surface area (Å²) >= 11 is 0. The first kappa shape index (κ1) is 11.6. The molecule has 0 radical (unpaired) electrons. The summed E-state index contributed by atoms with van der Waals surface area (Å²) in [6.45, 7) is 3.74. The van der Waals surface area contributed by atoms with E-state index in [1.165, 1.54) is 5.56 Å². The number of ether oxygens (including phenoxy) is 2. The molecule has 2 heteroatoms. The summed E-state index contributed by atoms with van der Waals surface area (Å²) in [4.78, 5) is 0. The Balaban J connectivity index is 2.10. The SMILES string of the molecule is C#CCOCCCOc1ccc(C)cc1. The number of benzene rings is 1. The van der Waals surface area contributed by atoms with Crippen LogP contribution in [0.4, 0.5) is 0 Å². The number of rotatable bonds is 6. The predicted molar refractivity (Wildman–Crippen MR) is 60.9 cm³/mol. The van der Waals surface area contributed by atoms with Gasteiger partial charge in [0.1, 0.15) is 12.4 Å². The summed E-state index contributed by atoms with van der Waals surface area (Å²) in [5.41, 5.74) is 1.24. The maximum absolute atomic E-state index is 5.51. The van der Waals surface area contributed by atoms with E-state index in [-0.39, 0.29) is 0 Å². The standard InChI is InChI=1S/C13H16O2/c1-3-9-14-10-4-11-15-13-7-5-12(2)6-8-13/h1,5-8H,4,9-11H2,2H3. The topological polar surface area (TPSA) is 18.5 Å². The zero-order valence-electron chi connectivity index (χ0n) is 9.03. The Labute approximate surface area is 91.2 Å². The van der Waals surface area contributed by atoms with Crippen molar-refractivity contribution in [3.8, 4) is 18.1 Å². The van der Waals surface area contributed by atoms with E-state index in [0.29, 0.717) is 19.8 Å². The fourth-order valence-corrected chi connectivity index (χ4v) is 1.12. The molecule has 0 saturated carbocycles. The average molecular weight is 204 g/mol. The molecule has 0 amide bonds. The Kier molecular flexibility index (Phi) is 5.35. The van der Waals surface area contributed by atoms with Crippen molar-refractivity contribution < 1.29 is 9.47 Å². The van der Waals surface area contributed by atoms with Gasteiger partial charge in [-0.2, -0.15) is 0 Å². The van der Waals surface area contributed by atoms with E-state index in [0.717, 1.165) is 12.2 Å². The van der Waals surface area contributed by atoms with Crippen LogP contribution in [-0.2, 0) is 4.74 Å². The van der Waals surface area contributed by atoms with Crippen molar-refractivity contribution in [3.63, 3.8) is 0 Å². The summed E-state index contributed by atoms with van der Waals surface area (Å²) < 4.78 is 10.6. The van der Waals surface area contributed by atoms with Gasteiger partial charge in [0.25, 0.3) is 0 Å². The lowest BCUT2D eigenvalue weighted by atomic mass is 10.2. The maximum atomic E-state index is 5.51. The molecule has 0 aromatic heterocycles. The van der Waals surface area contributed by atoms with Crippen LogP contribution in [0.3, 0.4) is 0 Å². The van der Waals surface area contributed by atoms with Gasteiger partial charge in [-0.1, -0.05) is 23.6 Å². The highest BCUT2D eigenvalue weighted by Crippen LogP contribution is 2.11. The number of aryl methyl sites for hydroxylation is 1. The van der Waals surface area contributed by atoms with E-state index in [2.05, 4.69) is 12.8 Å². The Morgan fingerprint density at radius 3 is 2.60 bits per heavy atom. The molecule has 0 saturated heterocycles. The fourth-order valence-electron chi connectivity index (χ4n) is 1.12. The van der Waals surface area contributed by atoms with Crippen LogP contribution in [0, 0.1) is 19.3 Å². The quantitative estimate of drug-likeness (QED) is 0.523. The van der Waals surface area contributed by atoms with Gasteiger partial charge >= 0.3 is 0 Å². The molecule has 0 unspecified atom stereocenters. The lowest BCUT2D eigenvalue weighted by Gasteiger charge is -2.05. The molecular formula is C13H16O2. The van der Waals surface area contributed by atoms with Crippen LogP contribution in [-0.4, -0.2) is 19.8 Å². The Hall–Kier alpha value is -1.46. The number of terminal acetylenes is 1. The van der Waals surface area contributed by atoms with Crippen molar-refractivity contribution in [3.05, 3.63) is 29.8 Å². The molecule has 0 aliphatic carbocycles. The van der Waals surface area contributed by atoms with Crippen molar-refractivity contribution in [2.24, 2.45) is 0 Å². The summed E-state index contributed by atoms with van der Waals surface area (Å²) in [7, 11) is 0. The van der Waals surface area contributed by atoms with Crippen LogP contribution < -0.4 is 4.74 Å². The number of hydrogen-bond donors (Lipinski definition) is 0. The van der Waals surface area contributed by atoms with Crippen molar-refractivity contribution >= 4 is 0 Å². The molecule has 1 aromatic carbocycles. The smallest absolute Gasteiger partial charge is 0.119 e. The summed E-state index contributed by atoms with van der Waals surface area (Å²) in [5, 5.41) is 0. The third-order valence-corrected chi connectivity index (χ3v) is 1.91.